The number of benzene rings is 1. The molecule has 0 amide bonds. The number of hydrogen-bond acceptors (Lipinski definition) is 2. The number of halogens is 2. The summed E-state index contributed by atoms with van der Waals surface area (Å²) in [5.74, 6) is -0.0756. The summed E-state index contributed by atoms with van der Waals surface area (Å²) < 4.78 is 18.1. The molecule has 1 aromatic rings. The number of nitrogens with two attached hydrogens (primary N) is 1. The maximum Gasteiger partial charge on any atom is 0.188 e. The summed E-state index contributed by atoms with van der Waals surface area (Å²) in [6.07, 6.45) is 0.867. The molecule has 0 fully saturated rings. The summed E-state index contributed by atoms with van der Waals surface area (Å²) in [6, 6.07) is 4.49. The Hall–Kier alpha value is -1.33. The summed E-state index contributed by atoms with van der Waals surface area (Å²) in [7, 11) is 0. The van der Waals surface area contributed by atoms with Crippen molar-refractivity contribution in [3.05, 3.63) is 34.6 Å². The van der Waals surface area contributed by atoms with Gasteiger partial charge in [-0.3, -0.25) is 0 Å². The summed E-state index contributed by atoms with van der Waals surface area (Å²) in [6.45, 7) is 4.44. The molecule has 0 heterocycles. The molecule has 6 heteroatoms. The van der Waals surface area contributed by atoms with Crippen LogP contribution in [-0.2, 0) is 11.3 Å². The van der Waals surface area contributed by atoms with Crippen LogP contribution in [0, 0.1) is 5.82 Å². The van der Waals surface area contributed by atoms with Crippen molar-refractivity contribution in [1.29, 1.82) is 0 Å². The molecule has 0 aliphatic carbocycles. The van der Waals surface area contributed by atoms with Gasteiger partial charge in [0.2, 0.25) is 0 Å². The highest BCUT2D eigenvalue weighted by molar-refractivity contribution is 6.30. The van der Waals surface area contributed by atoms with Gasteiger partial charge in [0.25, 0.3) is 0 Å². The van der Waals surface area contributed by atoms with Crippen molar-refractivity contribution in [2.75, 3.05) is 19.8 Å². The van der Waals surface area contributed by atoms with Crippen LogP contribution in [0.5, 0.6) is 0 Å². The van der Waals surface area contributed by atoms with Crippen LogP contribution >= 0.6 is 11.6 Å². The van der Waals surface area contributed by atoms with Gasteiger partial charge in [-0.1, -0.05) is 17.7 Å². The van der Waals surface area contributed by atoms with Crippen molar-refractivity contribution in [3.63, 3.8) is 0 Å². The van der Waals surface area contributed by atoms with Gasteiger partial charge in [0, 0.05) is 19.8 Å². The van der Waals surface area contributed by atoms with Gasteiger partial charge >= 0.3 is 0 Å². The number of rotatable bonds is 7. The predicted molar refractivity (Wildman–Crippen MR) is 75.8 cm³/mol. The maximum absolute atomic E-state index is 12.9. The fourth-order valence-electron chi connectivity index (χ4n) is 1.41. The molecule has 0 saturated carbocycles. The Kier molecular flexibility index (Phi) is 7.22. The van der Waals surface area contributed by atoms with Gasteiger partial charge in [0.05, 0.1) is 11.6 Å². The molecular weight excluding hydrogens is 269 g/mol. The largest absolute Gasteiger partial charge is 0.382 e. The highest BCUT2D eigenvalue weighted by atomic mass is 35.5. The average molecular weight is 288 g/mol. The van der Waals surface area contributed by atoms with Gasteiger partial charge in [-0.15, -0.1) is 0 Å². The summed E-state index contributed by atoms with van der Waals surface area (Å²) in [5, 5.41) is 3.07. The van der Waals surface area contributed by atoms with Crippen LogP contribution < -0.4 is 11.1 Å². The van der Waals surface area contributed by atoms with E-state index in [1.165, 1.54) is 6.07 Å². The first-order valence-corrected chi connectivity index (χ1v) is 6.56. The molecule has 19 heavy (non-hydrogen) atoms. The van der Waals surface area contributed by atoms with Crippen LogP contribution in [0.3, 0.4) is 0 Å². The Morgan fingerprint density at radius 1 is 1.53 bits per heavy atom. The van der Waals surface area contributed by atoms with Crippen LogP contribution in [0.1, 0.15) is 18.9 Å². The number of hydrogen-bond donors (Lipinski definition) is 2. The molecule has 0 bridgehead atoms. The van der Waals surface area contributed by atoms with E-state index in [2.05, 4.69) is 10.3 Å². The molecule has 106 valence electrons. The fraction of sp³-hybridized carbons (Fsp3) is 0.462. The second-order valence-electron chi connectivity index (χ2n) is 3.93. The van der Waals surface area contributed by atoms with Crippen molar-refractivity contribution in [1.82, 2.24) is 5.32 Å². The van der Waals surface area contributed by atoms with E-state index in [1.54, 1.807) is 12.1 Å². The van der Waals surface area contributed by atoms with Gasteiger partial charge in [0.15, 0.2) is 5.96 Å². The van der Waals surface area contributed by atoms with E-state index in [9.17, 15) is 4.39 Å². The monoisotopic (exact) mass is 287 g/mol. The highest BCUT2D eigenvalue weighted by Crippen LogP contribution is 2.16. The zero-order chi connectivity index (χ0) is 14.1. The number of aliphatic imine (C=N–C) groups is 1. The van der Waals surface area contributed by atoms with E-state index in [-0.39, 0.29) is 5.02 Å². The average Bonchev–Trinajstić information content (AvgIpc) is 2.40. The minimum absolute atomic E-state index is 0.0935. The summed E-state index contributed by atoms with van der Waals surface area (Å²) in [5.41, 5.74) is 6.51. The summed E-state index contributed by atoms with van der Waals surface area (Å²) >= 11 is 5.68. The standard InChI is InChI=1S/C13H19ClFN3O/c1-2-19-7-3-6-17-13(16)18-9-10-4-5-12(15)11(14)8-10/h4-5,8H,2-3,6-7,9H2,1H3,(H3,16,17,18). The normalized spacial score (nSPS) is 11.6. The minimum atomic E-state index is -0.434. The molecule has 0 aromatic heterocycles. The van der Waals surface area contributed by atoms with Crippen molar-refractivity contribution >= 4 is 17.6 Å². The molecule has 4 nitrogen and oxygen atoms in total. The number of guanidine groups is 1. The number of nitrogens with zero attached hydrogens (tertiary/aromatic N) is 1. The SMILES string of the molecule is CCOCCCNC(N)=NCc1ccc(F)c(Cl)c1. The molecule has 0 saturated heterocycles. The smallest absolute Gasteiger partial charge is 0.188 e. The van der Waals surface area contributed by atoms with Crippen LogP contribution in [-0.4, -0.2) is 25.7 Å². The lowest BCUT2D eigenvalue weighted by Gasteiger charge is -2.06. The van der Waals surface area contributed by atoms with E-state index in [1.807, 2.05) is 6.92 Å². The molecule has 1 rings (SSSR count). The molecule has 0 aliphatic rings. The van der Waals surface area contributed by atoms with Crippen molar-refractivity contribution in [3.8, 4) is 0 Å². The molecule has 0 atom stereocenters. The van der Waals surface area contributed by atoms with Gasteiger partial charge in [-0.25, -0.2) is 9.38 Å². The third-order valence-corrected chi connectivity index (χ3v) is 2.68. The zero-order valence-corrected chi connectivity index (χ0v) is 11.7. The Labute approximate surface area is 117 Å². The first-order valence-electron chi connectivity index (χ1n) is 6.19. The van der Waals surface area contributed by atoms with E-state index in [0.29, 0.717) is 25.7 Å². The van der Waals surface area contributed by atoms with Crippen molar-refractivity contribution < 1.29 is 9.13 Å². The molecule has 0 aliphatic heterocycles. The van der Waals surface area contributed by atoms with Crippen LogP contribution in [0.25, 0.3) is 0 Å². The molecule has 3 N–H and O–H groups in total. The quantitative estimate of drug-likeness (QED) is 0.460. The van der Waals surface area contributed by atoms with Crippen LogP contribution in [0.4, 0.5) is 4.39 Å². The molecule has 0 unspecified atom stereocenters. The molecular formula is C13H19ClFN3O. The second-order valence-corrected chi connectivity index (χ2v) is 4.33. The minimum Gasteiger partial charge on any atom is -0.382 e. The lowest BCUT2D eigenvalue weighted by Crippen LogP contribution is -2.32. The van der Waals surface area contributed by atoms with E-state index in [4.69, 9.17) is 22.1 Å². The van der Waals surface area contributed by atoms with E-state index >= 15 is 0 Å². The van der Waals surface area contributed by atoms with Crippen LogP contribution in [0.15, 0.2) is 23.2 Å². The Balaban J connectivity index is 2.32. The maximum atomic E-state index is 12.9. The summed E-state index contributed by atoms with van der Waals surface area (Å²) in [4.78, 5) is 4.14. The first kappa shape index (κ1) is 15.7. The third kappa shape index (κ3) is 6.40. The van der Waals surface area contributed by atoms with E-state index < -0.39 is 5.82 Å². The van der Waals surface area contributed by atoms with Crippen molar-refractivity contribution in [2.45, 2.75) is 19.9 Å². The van der Waals surface area contributed by atoms with E-state index in [0.717, 1.165) is 18.6 Å². The fourth-order valence-corrected chi connectivity index (χ4v) is 1.61. The topological polar surface area (TPSA) is 59.6 Å². The van der Waals surface area contributed by atoms with Gasteiger partial charge in [-0.05, 0) is 31.0 Å². The van der Waals surface area contributed by atoms with Gasteiger partial charge in [-0.2, -0.15) is 0 Å². The van der Waals surface area contributed by atoms with Gasteiger partial charge in [0.1, 0.15) is 5.82 Å². The lowest BCUT2D eigenvalue weighted by atomic mass is 10.2. The molecule has 0 radical (unpaired) electrons. The van der Waals surface area contributed by atoms with Crippen molar-refractivity contribution in [2.24, 2.45) is 10.7 Å². The number of ether oxygens (including phenoxy) is 1. The first-order chi connectivity index (χ1) is 9.13. The predicted octanol–water partition coefficient (Wildman–Crippen LogP) is 2.31. The highest BCUT2D eigenvalue weighted by Gasteiger charge is 2.00. The Bertz CT molecular complexity index is 426. The zero-order valence-electron chi connectivity index (χ0n) is 11.0. The number of nitrogens with one attached hydrogen (secondary N) is 1. The Morgan fingerprint density at radius 2 is 2.32 bits per heavy atom. The molecule has 0 spiro atoms. The lowest BCUT2D eigenvalue weighted by molar-refractivity contribution is 0.145. The second kappa shape index (κ2) is 8.72. The molecule has 1 aromatic carbocycles. The third-order valence-electron chi connectivity index (χ3n) is 2.39. The van der Waals surface area contributed by atoms with Crippen LogP contribution in [0.2, 0.25) is 5.02 Å². The van der Waals surface area contributed by atoms with Gasteiger partial charge < -0.3 is 15.8 Å². The Morgan fingerprint density at radius 3 is 3.00 bits per heavy atom.